The Bertz CT molecular complexity index is 974. The van der Waals surface area contributed by atoms with E-state index in [4.69, 9.17) is 16.3 Å². The Morgan fingerprint density at radius 2 is 2.04 bits per heavy atom. The highest BCUT2D eigenvalue weighted by Crippen LogP contribution is 2.33. The van der Waals surface area contributed by atoms with E-state index in [2.05, 4.69) is 9.97 Å². The second-order valence-corrected chi connectivity index (χ2v) is 7.06. The Morgan fingerprint density at radius 3 is 2.82 bits per heavy atom. The van der Waals surface area contributed by atoms with Gasteiger partial charge in [0.25, 0.3) is 5.91 Å². The number of H-pyrrole nitrogens is 1. The van der Waals surface area contributed by atoms with Crippen molar-refractivity contribution in [2.75, 3.05) is 13.2 Å². The van der Waals surface area contributed by atoms with Gasteiger partial charge in [-0.1, -0.05) is 29.8 Å². The standard InChI is InChI=1S/C21H19ClFN3O2/c22-17-5-2-1-4-16(17)18-12-24-21(25-18)19-6-3-11-26(19)20(27)13-28-15-9-7-14(23)8-10-15/h1-2,4-5,7-10,12,19H,3,6,11,13H2,(H,24,25)/t19-/m1/s1. The van der Waals surface area contributed by atoms with E-state index in [-0.39, 0.29) is 24.4 Å². The number of nitrogens with one attached hydrogen (secondary N) is 1. The molecule has 3 aromatic rings. The maximum Gasteiger partial charge on any atom is 0.261 e. The zero-order valence-corrected chi connectivity index (χ0v) is 15.8. The first kappa shape index (κ1) is 18.5. The molecule has 4 rings (SSSR count). The van der Waals surface area contributed by atoms with E-state index in [9.17, 15) is 9.18 Å². The topological polar surface area (TPSA) is 58.2 Å². The zero-order valence-electron chi connectivity index (χ0n) is 15.1. The number of imidazole rings is 1. The largest absolute Gasteiger partial charge is 0.484 e. The maximum atomic E-state index is 13.0. The summed E-state index contributed by atoms with van der Waals surface area (Å²) in [6.07, 6.45) is 3.47. The summed E-state index contributed by atoms with van der Waals surface area (Å²) in [5.74, 6) is 0.736. The third kappa shape index (κ3) is 3.87. The summed E-state index contributed by atoms with van der Waals surface area (Å²) in [4.78, 5) is 22.2. The molecule has 0 bridgehead atoms. The van der Waals surface area contributed by atoms with Gasteiger partial charge in [-0.05, 0) is 43.2 Å². The molecule has 1 N–H and O–H groups in total. The van der Waals surface area contributed by atoms with Gasteiger partial charge in [0.2, 0.25) is 0 Å². The molecule has 0 radical (unpaired) electrons. The minimum absolute atomic E-state index is 0.0970. The first-order valence-corrected chi connectivity index (χ1v) is 9.47. The molecular formula is C21H19ClFN3O2. The molecule has 7 heteroatoms. The number of ether oxygens (including phenoxy) is 1. The SMILES string of the molecule is O=C(COc1ccc(F)cc1)N1CCC[C@@H]1c1ncc(-c2ccccc2Cl)[nH]1. The van der Waals surface area contributed by atoms with Crippen LogP contribution < -0.4 is 4.74 Å². The third-order valence-electron chi connectivity index (χ3n) is 4.82. The average Bonchev–Trinajstić information content (AvgIpc) is 3.37. The summed E-state index contributed by atoms with van der Waals surface area (Å²) in [5.41, 5.74) is 1.70. The molecule has 0 unspecified atom stereocenters. The molecule has 1 atom stereocenters. The number of hydrogen-bond acceptors (Lipinski definition) is 3. The summed E-state index contributed by atoms with van der Waals surface area (Å²) >= 11 is 6.26. The minimum Gasteiger partial charge on any atom is -0.484 e. The van der Waals surface area contributed by atoms with Crippen molar-refractivity contribution in [3.63, 3.8) is 0 Å². The van der Waals surface area contributed by atoms with Crippen molar-refractivity contribution < 1.29 is 13.9 Å². The van der Waals surface area contributed by atoms with Gasteiger partial charge >= 0.3 is 0 Å². The van der Waals surface area contributed by atoms with Crippen LogP contribution in [0.15, 0.2) is 54.7 Å². The lowest BCUT2D eigenvalue weighted by Crippen LogP contribution is -2.34. The van der Waals surface area contributed by atoms with Gasteiger partial charge < -0.3 is 14.6 Å². The number of aromatic nitrogens is 2. The molecule has 0 spiro atoms. The van der Waals surface area contributed by atoms with Gasteiger partial charge in [0.15, 0.2) is 6.61 Å². The maximum absolute atomic E-state index is 13.0. The molecule has 5 nitrogen and oxygen atoms in total. The highest BCUT2D eigenvalue weighted by molar-refractivity contribution is 6.33. The number of amides is 1. The first-order chi connectivity index (χ1) is 13.6. The number of carbonyl (C=O) groups is 1. The Balaban J connectivity index is 1.45. The van der Waals surface area contributed by atoms with Crippen LogP contribution in [0, 0.1) is 5.82 Å². The van der Waals surface area contributed by atoms with Crippen molar-refractivity contribution in [2.45, 2.75) is 18.9 Å². The van der Waals surface area contributed by atoms with Gasteiger partial charge in [0.05, 0.1) is 17.9 Å². The Morgan fingerprint density at radius 1 is 1.25 bits per heavy atom. The van der Waals surface area contributed by atoms with E-state index in [0.717, 1.165) is 29.9 Å². The van der Waals surface area contributed by atoms with Gasteiger partial charge in [-0.2, -0.15) is 0 Å². The fourth-order valence-electron chi connectivity index (χ4n) is 3.43. The van der Waals surface area contributed by atoms with Gasteiger partial charge in [-0.25, -0.2) is 9.37 Å². The molecule has 2 aromatic carbocycles. The van der Waals surface area contributed by atoms with Crippen molar-refractivity contribution in [2.24, 2.45) is 0 Å². The summed E-state index contributed by atoms with van der Waals surface area (Å²) in [6.45, 7) is 0.554. The smallest absolute Gasteiger partial charge is 0.261 e. The lowest BCUT2D eigenvalue weighted by atomic mass is 10.2. The highest BCUT2D eigenvalue weighted by Gasteiger charge is 2.32. The van der Waals surface area contributed by atoms with Crippen molar-refractivity contribution in [3.8, 4) is 17.0 Å². The molecule has 0 saturated carbocycles. The molecule has 1 aliphatic rings. The predicted octanol–water partition coefficient (Wildman–Crippen LogP) is 4.61. The first-order valence-electron chi connectivity index (χ1n) is 9.09. The second kappa shape index (κ2) is 8.02. The molecule has 1 aromatic heterocycles. The van der Waals surface area contributed by atoms with Gasteiger partial charge in [-0.15, -0.1) is 0 Å². The monoisotopic (exact) mass is 399 g/mol. The van der Waals surface area contributed by atoms with Crippen molar-refractivity contribution >= 4 is 17.5 Å². The molecule has 2 heterocycles. The summed E-state index contributed by atoms with van der Waals surface area (Å²) in [6, 6.07) is 13.0. The molecule has 1 saturated heterocycles. The van der Waals surface area contributed by atoms with E-state index in [0.29, 0.717) is 17.3 Å². The van der Waals surface area contributed by atoms with Crippen LogP contribution in [0.2, 0.25) is 5.02 Å². The molecular weight excluding hydrogens is 381 g/mol. The van der Waals surface area contributed by atoms with Crippen LogP contribution >= 0.6 is 11.6 Å². The van der Waals surface area contributed by atoms with E-state index in [1.165, 1.54) is 24.3 Å². The Hall–Kier alpha value is -2.86. The van der Waals surface area contributed by atoms with E-state index in [1.807, 2.05) is 24.3 Å². The predicted molar refractivity (Wildman–Crippen MR) is 105 cm³/mol. The third-order valence-corrected chi connectivity index (χ3v) is 5.15. The van der Waals surface area contributed by atoms with Crippen molar-refractivity contribution in [1.82, 2.24) is 14.9 Å². The Kier molecular flexibility index (Phi) is 5.30. The van der Waals surface area contributed by atoms with Gasteiger partial charge in [-0.3, -0.25) is 4.79 Å². The number of hydrogen-bond donors (Lipinski definition) is 1. The molecule has 0 aliphatic carbocycles. The Labute approximate surface area is 167 Å². The van der Waals surface area contributed by atoms with Crippen LogP contribution in [0.25, 0.3) is 11.3 Å². The van der Waals surface area contributed by atoms with Crippen molar-refractivity contribution in [1.29, 1.82) is 0 Å². The average molecular weight is 400 g/mol. The van der Waals surface area contributed by atoms with Crippen LogP contribution in [0.1, 0.15) is 24.7 Å². The molecule has 144 valence electrons. The van der Waals surface area contributed by atoms with E-state index < -0.39 is 0 Å². The zero-order chi connectivity index (χ0) is 19.5. The van der Waals surface area contributed by atoms with E-state index in [1.54, 1.807) is 11.1 Å². The minimum atomic E-state index is -0.342. The lowest BCUT2D eigenvalue weighted by molar-refractivity contribution is -0.134. The van der Waals surface area contributed by atoms with Crippen LogP contribution in [0.5, 0.6) is 5.75 Å². The fourth-order valence-corrected chi connectivity index (χ4v) is 3.67. The normalized spacial score (nSPS) is 16.4. The number of likely N-dealkylation sites (tertiary alicyclic amines) is 1. The van der Waals surface area contributed by atoms with Gasteiger partial charge in [0.1, 0.15) is 17.4 Å². The van der Waals surface area contributed by atoms with Crippen LogP contribution in [-0.2, 0) is 4.79 Å². The van der Waals surface area contributed by atoms with Crippen molar-refractivity contribution in [3.05, 3.63) is 71.4 Å². The quantitative estimate of drug-likeness (QED) is 0.681. The van der Waals surface area contributed by atoms with Crippen LogP contribution in [0.3, 0.4) is 0 Å². The number of aromatic amines is 1. The summed E-state index contributed by atoms with van der Waals surface area (Å²) in [5, 5.41) is 0.643. The number of carbonyl (C=O) groups excluding carboxylic acids is 1. The van der Waals surface area contributed by atoms with Crippen LogP contribution in [-0.4, -0.2) is 33.9 Å². The summed E-state index contributed by atoms with van der Waals surface area (Å²) < 4.78 is 18.5. The van der Waals surface area contributed by atoms with Gasteiger partial charge in [0, 0.05) is 17.1 Å². The molecule has 1 amide bonds. The molecule has 1 fully saturated rings. The lowest BCUT2D eigenvalue weighted by Gasteiger charge is -2.23. The number of nitrogens with zero attached hydrogens (tertiary/aromatic N) is 2. The van der Waals surface area contributed by atoms with Crippen LogP contribution in [0.4, 0.5) is 4.39 Å². The number of benzene rings is 2. The second-order valence-electron chi connectivity index (χ2n) is 6.65. The molecule has 28 heavy (non-hydrogen) atoms. The van der Waals surface area contributed by atoms with E-state index >= 15 is 0 Å². The molecule has 1 aliphatic heterocycles. The number of rotatable bonds is 5. The fraction of sp³-hybridized carbons (Fsp3) is 0.238. The number of halogens is 2. The summed E-state index contributed by atoms with van der Waals surface area (Å²) in [7, 11) is 0. The highest BCUT2D eigenvalue weighted by atomic mass is 35.5.